The van der Waals surface area contributed by atoms with E-state index in [1.807, 2.05) is 6.08 Å². The van der Waals surface area contributed by atoms with Crippen molar-refractivity contribution in [2.24, 2.45) is 17.6 Å². The van der Waals surface area contributed by atoms with Gasteiger partial charge in [-0.15, -0.1) is 6.58 Å². The highest BCUT2D eigenvalue weighted by Gasteiger charge is 2.39. The van der Waals surface area contributed by atoms with Crippen molar-refractivity contribution in [1.29, 1.82) is 0 Å². The number of nitrogens with zero attached hydrogens (tertiary/aromatic N) is 2. The average molecular weight is 223 g/mol. The van der Waals surface area contributed by atoms with Crippen LogP contribution in [0.5, 0.6) is 0 Å². The summed E-state index contributed by atoms with van der Waals surface area (Å²) in [6, 6.07) is 0.666. The quantitative estimate of drug-likeness (QED) is 0.699. The minimum atomic E-state index is 0.666. The number of likely N-dealkylation sites (N-methyl/N-ethyl adjacent to an activating group) is 1. The van der Waals surface area contributed by atoms with Crippen LogP contribution < -0.4 is 5.73 Å². The van der Waals surface area contributed by atoms with Gasteiger partial charge in [0.2, 0.25) is 0 Å². The molecule has 0 aromatic carbocycles. The van der Waals surface area contributed by atoms with Crippen LogP contribution >= 0.6 is 0 Å². The van der Waals surface area contributed by atoms with Crippen LogP contribution in [0.25, 0.3) is 0 Å². The topological polar surface area (TPSA) is 32.5 Å². The van der Waals surface area contributed by atoms with Crippen molar-refractivity contribution in [3.63, 3.8) is 0 Å². The Morgan fingerprint density at radius 2 is 2.38 bits per heavy atom. The summed E-state index contributed by atoms with van der Waals surface area (Å²) in [5.74, 6) is 1.76. The van der Waals surface area contributed by atoms with Crippen LogP contribution in [-0.2, 0) is 0 Å². The number of hydrogen-bond donors (Lipinski definition) is 1. The van der Waals surface area contributed by atoms with Gasteiger partial charge in [0.15, 0.2) is 0 Å². The predicted molar refractivity (Wildman–Crippen MR) is 68.3 cm³/mol. The number of piperidine rings is 3. The summed E-state index contributed by atoms with van der Waals surface area (Å²) < 4.78 is 0. The van der Waals surface area contributed by atoms with Crippen LogP contribution in [0.1, 0.15) is 12.8 Å². The molecule has 0 aromatic heterocycles. The first-order chi connectivity index (χ1) is 7.74. The van der Waals surface area contributed by atoms with E-state index >= 15 is 0 Å². The normalized spacial score (nSPS) is 37.9. The van der Waals surface area contributed by atoms with E-state index in [2.05, 4.69) is 23.4 Å². The van der Waals surface area contributed by atoms with E-state index in [0.29, 0.717) is 6.04 Å². The van der Waals surface area contributed by atoms with Crippen LogP contribution in [0.15, 0.2) is 12.7 Å². The van der Waals surface area contributed by atoms with Gasteiger partial charge in [-0.25, -0.2) is 0 Å². The summed E-state index contributed by atoms with van der Waals surface area (Å²) in [7, 11) is 2.19. The van der Waals surface area contributed by atoms with E-state index in [9.17, 15) is 0 Å². The molecule has 2 bridgehead atoms. The molecular weight excluding hydrogens is 198 g/mol. The predicted octanol–water partition coefficient (Wildman–Crippen LogP) is 0.773. The molecule has 2 N–H and O–H groups in total. The molecule has 3 rings (SSSR count). The largest absolute Gasteiger partial charge is 0.329 e. The van der Waals surface area contributed by atoms with Gasteiger partial charge in [-0.3, -0.25) is 4.90 Å². The lowest BCUT2D eigenvalue weighted by molar-refractivity contribution is -0.00518. The summed E-state index contributed by atoms with van der Waals surface area (Å²) in [5, 5.41) is 0. The van der Waals surface area contributed by atoms with Crippen molar-refractivity contribution in [3.05, 3.63) is 12.7 Å². The molecular formula is C13H25N3. The van der Waals surface area contributed by atoms with Gasteiger partial charge in [0.05, 0.1) is 0 Å². The highest BCUT2D eigenvalue weighted by atomic mass is 15.2. The van der Waals surface area contributed by atoms with Crippen LogP contribution in [0.2, 0.25) is 0 Å². The Morgan fingerprint density at radius 3 is 2.94 bits per heavy atom. The van der Waals surface area contributed by atoms with E-state index in [0.717, 1.165) is 24.9 Å². The zero-order chi connectivity index (χ0) is 11.5. The third kappa shape index (κ3) is 2.47. The van der Waals surface area contributed by atoms with Crippen molar-refractivity contribution in [2.45, 2.75) is 18.9 Å². The Hall–Kier alpha value is -0.380. The molecule has 3 heterocycles. The Morgan fingerprint density at radius 1 is 1.56 bits per heavy atom. The second kappa shape index (κ2) is 5.30. The summed E-state index contributed by atoms with van der Waals surface area (Å²) in [5.41, 5.74) is 5.82. The summed E-state index contributed by atoms with van der Waals surface area (Å²) in [6.45, 7) is 9.38. The number of fused-ring (bicyclic) bond motifs is 3. The second-order valence-corrected chi connectivity index (χ2v) is 5.44. The Kier molecular flexibility index (Phi) is 4.00. The monoisotopic (exact) mass is 223 g/mol. The van der Waals surface area contributed by atoms with Gasteiger partial charge in [-0.2, -0.15) is 0 Å². The fraction of sp³-hybridized carbons (Fsp3) is 0.846. The lowest BCUT2D eigenvalue weighted by atomic mass is 9.75. The minimum Gasteiger partial charge on any atom is -0.329 e. The number of hydrogen-bond acceptors (Lipinski definition) is 3. The average Bonchev–Trinajstić information content (AvgIpc) is 2.30. The highest BCUT2D eigenvalue weighted by Crippen LogP contribution is 2.36. The Bertz CT molecular complexity index is 241. The number of rotatable bonds is 5. The zero-order valence-electron chi connectivity index (χ0n) is 10.4. The molecule has 0 aliphatic carbocycles. The molecule has 0 saturated carbocycles. The fourth-order valence-electron chi connectivity index (χ4n) is 3.40. The first-order valence-corrected chi connectivity index (χ1v) is 6.48. The summed E-state index contributed by atoms with van der Waals surface area (Å²) in [4.78, 5) is 4.99. The first-order valence-electron chi connectivity index (χ1n) is 6.48. The molecule has 0 spiro atoms. The van der Waals surface area contributed by atoms with Crippen LogP contribution in [-0.4, -0.2) is 55.6 Å². The standard InChI is InChI=1S/C13H25N3/c1-3-5-15(2)9-12-10-16-6-4-11(12)7-13(16)8-14/h3,11-13H,1,4-10,14H2,2H3/t11-,12-,13+/m0/s1. The van der Waals surface area contributed by atoms with Crippen molar-refractivity contribution in [1.82, 2.24) is 9.80 Å². The maximum absolute atomic E-state index is 5.82. The third-order valence-electron chi connectivity index (χ3n) is 4.27. The van der Waals surface area contributed by atoms with E-state index in [-0.39, 0.29) is 0 Å². The molecule has 16 heavy (non-hydrogen) atoms. The van der Waals surface area contributed by atoms with Gasteiger partial charge < -0.3 is 10.6 Å². The SMILES string of the molecule is C=CCN(C)C[C@H]1CN2CC[C@H]1C[C@@H]2CN. The van der Waals surface area contributed by atoms with Gasteiger partial charge in [-0.05, 0) is 38.3 Å². The van der Waals surface area contributed by atoms with Crippen LogP contribution in [0.3, 0.4) is 0 Å². The highest BCUT2D eigenvalue weighted by molar-refractivity contribution is 4.94. The second-order valence-electron chi connectivity index (χ2n) is 5.44. The molecule has 0 radical (unpaired) electrons. The third-order valence-corrected chi connectivity index (χ3v) is 4.27. The lowest BCUT2D eigenvalue weighted by Gasteiger charge is -2.50. The molecule has 3 nitrogen and oxygen atoms in total. The molecule has 4 atom stereocenters. The van der Waals surface area contributed by atoms with E-state index in [1.165, 1.54) is 32.5 Å². The van der Waals surface area contributed by atoms with E-state index in [4.69, 9.17) is 5.73 Å². The molecule has 3 heteroatoms. The zero-order valence-corrected chi connectivity index (χ0v) is 10.4. The lowest BCUT2D eigenvalue weighted by Crippen LogP contribution is -2.57. The molecule has 1 unspecified atom stereocenters. The van der Waals surface area contributed by atoms with Gasteiger partial charge in [0.1, 0.15) is 0 Å². The molecule has 3 aliphatic heterocycles. The molecule has 3 saturated heterocycles. The molecule has 0 amide bonds. The first kappa shape index (κ1) is 12.1. The van der Waals surface area contributed by atoms with Crippen LogP contribution in [0, 0.1) is 11.8 Å². The molecule has 92 valence electrons. The summed E-state index contributed by atoms with van der Waals surface area (Å²) >= 11 is 0. The molecule has 3 aliphatic rings. The molecule has 0 aromatic rings. The van der Waals surface area contributed by atoms with Crippen molar-refractivity contribution in [3.8, 4) is 0 Å². The van der Waals surface area contributed by atoms with E-state index < -0.39 is 0 Å². The van der Waals surface area contributed by atoms with Gasteiger partial charge >= 0.3 is 0 Å². The van der Waals surface area contributed by atoms with Gasteiger partial charge in [-0.1, -0.05) is 6.08 Å². The minimum absolute atomic E-state index is 0.666. The molecule has 3 fully saturated rings. The van der Waals surface area contributed by atoms with Gasteiger partial charge in [0, 0.05) is 32.2 Å². The summed E-state index contributed by atoms with van der Waals surface area (Å²) in [6.07, 6.45) is 4.69. The van der Waals surface area contributed by atoms with Gasteiger partial charge in [0.25, 0.3) is 0 Å². The van der Waals surface area contributed by atoms with Crippen molar-refractivity contribution < 1.29 is 0 Å². The smallest absolute Gasteiger partial charge is 0.0221 e. The fourth-order valence-corrected chi connectivity index (χ4v) is 3.40. The Labute approximate surface area is 99.3 Å². The van der Waals surface area contributed by atoms with Crippen LogP contribution in [0.4, 0.5) is 0 Å². The van der Waals surface area contributed by atoms with Crippen molar-refractivity contribution in [2.75, 3.05) is 39.8 Å². The van der Waals surface area contributed by atoms with Crippen molar-refractivity contribution >= 4 is 0 Å². The van der Waals surface area contributed by atoms with E-state index in [1.54, 1.807) is 0 Å². The Balaban J connectivity index is 1.87. The number of nitrogens with two attached hydrogens (primary N) is 1. The maximum Gasteiger partial charge on any atom is 0.0221 e. The maximum atomic E-state index is 5.82.